The van der Waals surface area contributed by atoms with Gasteiger partial charge in [0.25, 0.3) is 6.47 Å². The lowest BCUT2D eigenvalue weighted by molar-refractivity contribution is -0.122. The van der Waals surface area contributed by atoms with Gasteiger partial charge in [0.15, 0.2) is 5.65 Å². The third-order valence-corrected chi connectivity index (χ3v) is 6.31. The predicted octanol–water partition coefficient (Wildman–Crippen LogP) is 3.75. The van der Waals surface area contributed by atoms with E-state index in [4.69, 9.17) is 9.90 Å². The summed E-state index contributed by atoms with van der Waals surface area (Å²) in [7, 11) is 0. The first-order valence-electron chi connectivity index (χ1n) is 11.5. The standard InChI is InChI=1S/C24H24FN7.CH2O2/c1-3-31-8-5-16(6-9-31)21-13-19-20(25)10-18(12-23(19)29-28-21)22-11-17(4-7-26)24-27-15(2)14-32(24)30-22;2-1-3/h10-14,16H,3-6,8-9H2,1-2H3;1H,(H,2,3). The molecule has 0 atom stereocenters. The fraction of sp³-hybridized carbons (Fsp3) is 0.360. The van der Waals surface area contributed by atoms with Crippen LogP contribution in [0.25, 0.3) is 27.8 Å². The largest absolute Gasteiger partial charge is 0.483 e. The van der Waals surface area contributed by atoms with Gasteiger partial charge in [-0.1, -0.05) is 6.92 Å². The molecular formula is C25H26FN7O2. The van der Waals surface area contributed by atoms with E-state index < -0.39 is 0 Å². The summed E-state index contributed by atoms with van der Waals surface area (Å²) in [6.07, 6.45) is 4.03. The maximum absolute atomic E-state index is 15.2. The van der Waals surface area contributed by atoms with Gasteiger partial charge in [-0.15, -0.1) is 0 Å². The van der Waals surface area contributed by atoms with Crippen molar-refractivity contribution in [2.45, 2.75) is 39.0 Å². The molecular weight excluding hydrogens is 449 g/mol. The van der Waals surface area contributed by atoms with Gasteiger partial charge in [0, 0.05) is 22.4 Å². The van der Waals surface area contributed by atoms with E-state index in [0.29, 0.717) is 33.7 Å². The van der Waals surface area contributed by atoms with Crippen molar-refractivity contribution in [3.8, 4) is 17.3 Å². The second-order valence-electron chi connectivity index (χ2n) is 8.51. The molecule has 1 aliphatic heterocycles. The van der Waals surface area contributed by atoms with Gasteiger partial charge in [-0.3, -0.25) is 4.79 Å². The first-order valence-corrected chi connectivity index (χ1v) is 11.5. The highest BCUT2D eigenvalue weighted by Crippen LogP contribution is 2.31. The normalized spacial score (nSPS) is 14.5. The molecule has 180 valence electrons. The monoisotopic (exact) mass is 475 g/mol. The van der Waals surface area contributed by atoms with Crippen LogP contribution in [0.15, 0.2) is 30.5 Å². The van der Waals surface area contributed by atoms with Gasteiger partial charge in [0.05, 0.1) is 41.3 Å². The number of carboxylic acid groups (broad SMARTS) is 1. The molecule has 1 N–H and O–H groups in total. The smallest absolute Gasteiger partial charge is 0.290 e. The maximum atomic E-state index is 15.2. The van der Waals surface area contributed by atoms with Crippen molar-refractivity contribution in [3.63, 3.8) is 0 Å². The summed E-state index contributed by atoms with van der Waals surface area (Å²) in [5.74, 6) is -0.0268. The van der Waals surface area contributed by atoms with E-state index in [2.05, 4.69) is 38.2 Å². The Balaban J connectivity index is 0.000000917. The molecule has 0 spiro atoms. The Hall–Kier alpha value is -3.97. The van der Waals surface area contributed by atoms with E-state index in [1.807, 2.05) is 19.1 Å². The summed E-state index contributed by atoms with van der Waals surface area (Å²) >= 11 is 0. The number of imidazole rings is 1. The Morgan fingerprint density at radius 1 is 1.23 bits per heavy atom. The molecule has 0 aliphatic carbocycles. The van der Waals surface area contributed by atoms with Crippen LogP contribution in [0.2, 0.25) is 0 Å². The van der Waals surface area contributed by atoms with Gasteiger partial charge < -0.3 is 10.0 Å². The highest BCUT2D eigenvalue weighted by Gasteiger charge is 2.22. The van der Waals surface area contributed by atoms with Crippen LogP contribution < -0.4 is 0 Å². The average molecular weight is 476 g/mol. The van der Waals surface area contributed by atoms with Gasteiger partial charge in [0.1, 0.15) is 5.82 Å². The molecule has 0 amide bonds. The van der Waals surface area contributed by atoms with E-state index >= 15 is 4.39 Å². The Bertz CT molecular complexity index is 1400. The maximum Gasteiger partial charge on any atom is 0.290 e. The number of carbonyl (C=O) groups is 1. The molecule has 1 aliphatic rings. The molecule has 0 saturated carbocycles. The summed E-state index contributed by atoms with van der Waals surface area (Å²) in [4.78, 5) is 15.2. The zero-order valence-corrected chi connectivity index (χ0v) is 19.6. The number of hydrogen-bond donors (Lipinski definition) is 1. The number of halogens is 1. The van der Waals surface area contributed by atoms with Crippen molar-refractivity contribution in [2.75, 3.05) is 19.6 Å². The summed E-state index contributed by atoms with van der Waals surface area (Å²) in [6.45, 7) is 6.93. The van der Waals surface area contributed by atoms with Crippen molar-refractivity contribution >= 4 is 23.0 Å². The molecule has 0 unspecified atom stereocenters. The Kier molecular flexibility index (Phi) is 7.27. The molecule has 4 aromatic rings. The minimum atomic E-state index is -0.342. The number of nitrogens with zero attached hydrogens (tertiary/aromatic N) is 7. The van der Waals surface area contributed by atoms with Gasteiger partial charge >= 0.3 is 0 Å². The molecule has 3 aromatic heterocycles. The highest BCUT2D eigenvalue weighted by molar-refractivity contribution is 5.84. The second kappa shape index (κ2) is 10.5. The lowest BCUT2D eigenvalue weighted by Gasteiger charge is -2.30. The minimum Gasteiger partial charge on any atom is -0.483 e. The van der Waals surface area contributed by atoms with Crippen molar-refractivity contribution in [1.29, 1.82) is 5.26 Å². The first kappa shape index (κ1) is 24.2. The third-order valence-electron chi connectivity index (χ3n) is 6.31. The zero-order chi connectivity index (χ0) is 24.9. The molecule has 1 fully saturated rings. The van der Waals surface area contributed by atoms with Crippen LogP contribution in [0.3, 0.4) is 0 Å². The number of rotatable bonds is 4. The lowest BCUT2D eigenvalue weighted by atomic mass is 9.92. The van der Waals surface area contributed by atoms with Crippen LogP contribution in [-0.4, -0.2) is 60.9 Å². The molecule has 5 rings (SSSR count). The number of likely N-dealkylation sites (tertiary alicyclic amines) is 1. The topological polar surface area (TPSA) is 120 Å². The van der Waals surface area contributed by atoms with Gasteiger partial charge in [0.2, 0.25) is 0 Å². The minimum absolute atomic E-state index is 0.200. The molecule has 1 aromatic carbocycles. The van der Waals surface area contributed by atoms with Crippen LogP contribution in [0.1, 0.15) is 42.6 Å². The van der Waals surface area contributed by atoms with Crippen molar-refractivity contribution < 1.29 is 14.3 Å². The van der Waals surface area contributed by atoms with Crippen molar-refractivity contribution in [2.24, 2.45) is 0 Å². The summed E-state index contributed by atoms with van der Waals surface area (Å²) in [5, 5.41) is 30.0. The number of benzene rings is 1. The number of fused-ring (bicyclic) bond motifs is 2. The lowest BCUT2D eigenvalue weighted by Crippen LogP contribution is -2.32. The number of aryl methyl sites for hydroxylation is 1. The van der Waals surface area contributed by atoms with Gasteiger partial charge in [-0.2, -0.15) is 20.6 Å². The Labute approximate surface area is 201 Å². The summed E-state index contributed by atoms with van der Waals surface area (Å²) < 4.78 is 16.8. The fourth-order valence-electron chi connectivity index (χ4n) is 4.52. The van der Waals surface area contributed by atoms with Crippen LogP contribution in [0, 0.1) is 24.1 Å². The van der Waals surface area contributed by atoms with Crippen molar-refractivity contribution in [1.82, 2.24) is 29.7 Å². The SMILES string of the molecule is CCN1CCC(c2cc3c(F)cc(-c4cc(CC#N)c5nc(C)cn5n4)cc3nn2)CC1.O=CO. The number of hydrogen-bond acceptors (Lipinski definition) is 7. The third kappa shape index (κ3) is 5.10. The van der Waals surface area contributed by atoms with E-state index in [1.54, 1.807) is 16.8 Å². The van der Waals surface area contributed by atoms with E-state index in [9.17, 15) is 5.26 Å². The molecule has 0 bridgehead atoms. The van der Waals surface area contributed by atoms with E-state index in [0.717, 1.165) is 49.4 Å². The van der Waals surface area contributed by atoms with Crippen molar-refractivity contribution in [3.05, 3.63) is 53.2 Å². The second-order valence-corrected chi connectivity index (χ2v) is 8.51. The van der Waals surface area contributed by atoms with Gasteiger partial charge in [-0.05, 0) is 63.7 Å². The molecule has 1 saturated heterocycles. The summed E-state index contributed by atoms with van der Waals surface area (Å²) in [5.41, 5.74) is 4.74. The molecule has 0 radical (unpaired) electrons. The van der Waals surface area contributed by atoms with E-state index in [-0.39, 0.29) is 18.7 Å². The quantitative estimate of drug-likeness (QED) is 0.443. The van der Waals surface area contributed by atoms with Gasteiger partial charge in [-0.25, -0.2) is 13.9 Å². The average Bonchev–Trinajstić information content (AvgIpc) is 3.25. The zero-order valence-electron chi connectivity index (χ0n) is 19.6. The van der Waals surface area contributed by atoms with Crippen LogP contribution in [-0.2, 0) is 11.2 Å². The Morgan fingerprint density at radius 3 is 2.66 bits per heavy atom. The fourth-order valence-corrected chi connectivity index (χ4v) is 4.52. The van der Waals surface area contributed by atoms with E-state index in [1.165, 1.54) is 6.07 Å². The first-order chi connectivity index (χ1) is 17.0. The van der Waals surface area contributed by atoms with Crippen LogP contribution in [0.5, 0.6) is 0 Å². The van der Waals surface area contributed by atoms with Crippen LogP contribution >= 0.6 is 0 Å². The predicted molar refractivity (Wildman–Crippen MR) is 128 cm³/mol. The number of aromatic nitrogens is 5. The number of nitriles is 1. The van der Waals surface area contributed by atoms with Crippen LogP contribution in [0.4, 0.5) is 4.39 Å². The Morgan fingerprint density at radius 2 is 1.97 bits per heavy atom. The molecule has 10 heteroatoms. The molecule has 9 nitrogen and oxygen atoms in total. The summed E-state index contributed by atoms with van der Waals surface area (Å²) in [6, 6.07) is 9.12. The number of piperidine rings is 1. The highest BCUT2D eigenvalue weighted by atomic mass is 19.1. The molecule has 4 heterocycles. The molecule has 35 heavy (non-hydrogen) atoms.